The van der Waals surface area contributed by atoms with Crippen molar-refractivity contribution in [1.82, 2.24) is 10.0 Å². The molecule has 0 radical (unpaired) electrons. The zero-order valence-corrected chi connectivity index (χ0v) is 6.01. The summed E-state index contributed by atoms with van der Waals surface area (Å²) in [4.78, 5) is 0. The van der Waals surface area contributed by atoms with Crippen LogP contribution < -0.4 is 0 Å². The summed E-state index contributed by atoms with van der Waals surface area (Å²) in [7, 11) is 0. The van der Waals surface area contributed by atoms with Crippen molar-refractivity contribution in [3.8, 4) is 0 Å². The Bertz CT molecular complexity index is 111. The van der Waals surface area contributed by atoms with Crippen molar-refractivity contribution in [2.24, 2.45) is 0 Å². The Balaban J connectivity index is 1.97. The van der Waals surface area contributed by atoms with Crippen LogP contribution in [-0.4, -0.2) is 35.7 Å². The van der Waals surface area contributed by atoms with Gasteiger partial charge in [0.2, 0.25) is 0 Å². The first-order chi connectivity index (χ1) is 4.42. The maximum Gasteiger partial charge on any atom is 0.0278 e. The summed E-state index contributed by atoms with van der Waals surface area (Å²) in [5.74, 6) is 0. The van der Waals surface area contributed by atoms with Gasteiger partial charge in [0.05, 0.1) is 0 Å². The van der Waals surface area contributed by atoms with Crippen molar-refractivity contribution >= 4 is 0 Å². The molecule has 2 nitrogen and oxygen atoms in total. The molecule has 0 aromatic carbocycles. The molecule has 52 valence electrons. The van der Waals surface area contributed by atoms with Crippen LogP contribution in [0.15, 0.2) is 0 Å². The molecule has 2 saturated heterocycles. The largest absolute Gasteiger partial charge is 0.240 e. The summed E-state index contributed by atoms with van der Waals surface area (Å²) >= 11 is 0. The van der Waals surface area contributed by atoms with E-state index >= 15 is 0 Å². The molecule has 0 bridgehead atoms. The minimum absolute atomic E-state index is 0.888. The fourth-order valence-corrected chi connectivity index (χ4v) is 1.87. The first-order valence-corrected chi connectivity index (χ1v) is 3.93. The van der Waals surface area contributed by atoms with Crippen LogP contribution in [0.25, 0.3) is 0 Å². The van der Waals surface area contributed by atoms with E-state index in [1.165, 1.54) is 32.5 Å². The van der Waals surface area contributed by atoms with E-state index in [1.54, 1.807) is 0 Å². The lowest BCUT2D eigenvalue weighted by Gasteiger charge is -2.41. The summed E-state index contributed by atoms with van der Waals surface area (Å²) in [5.41, 5.74) is 0. The van der Waals surface area contributed by atoms with Crippen molar-refractivity contribution in [2.75, 3.05) is 19.6 Å². The Morgan fingerprint density at radius 2 is 2.22 bits per heavy atom. The number of rotatable bonds is 1. The van der Waals surface area contributed by atoms with E-state index in [1.807, 2.05) is 0 Å². The highest BCUT2D eigenvalue weighted by Crippen LogP contribution is 2.25. The fourth-order valence-electron chi connectivity index (χ4n) is 1.87. The van der Waals surface area contributed by atoms with Crippen molar-refractivity contribution in [2.45, 2.75) is 25.8 Å². The monoisotopic (exact) mass is 126 g/mol. The number of fused-ring (bicyclic) bond motifs is 1. The summed E-state index contributed by atoms with van der Waals surface area (Å²) in [5, 5.41) is 4.98. The van der Waals surface area contributed by atoms with E-state index in [-0.39, 0.29) is 0 Å². The van der Waals surface area contributed by atoms with Crippen LogP contribution in [0.5, 0.6) is 0 Å². The molecule has 0 saturated carbocycles. The number of nitrogens with zero attached hydrogens (tertiary/aromatic N) is 2. The van der Waals surface area contributed by atoms with Crippen LogP contribution in [0.1, 0.15) is 19.8 Å². The van der Waals surface area contributed by atoms with Gasteiger partial charge in [-0.1, -0.05) is 6.92 Å². The van der Waals surface area contributed by atoms with E-state index in [4.69, 9.17) is 0 Å². The van der Waals surface area contributed by atoms with Gasteiger partial charge in [-0.05, 0) is 12.8 Å². The van der Waals surface area contributed by atoms with E-state index in [2.05, 4.69) is 16.9 Å². The molecule has 2 aliphatic rings. The molecule has 2 rings (SSSR count). The van der Waals surface area contributed by atoms with Crippen molar-refractivity contribution < 1.29 is 0 Å². The number of hydrogen-bond donors (Lipinski definition) is 0. The maximum atomic E-state index is 2.51. The molecule has 2 heterocycles. The first kappa shape index (κ1) is 5.69. The standard InChI is InChI=1S/C7H14N2/c1-2-7-3-4-8-5-6-9(7)8/h7H,2-6H2,1H3. The van der Waals surface area contributed by atoms with E-state index in [0.29, 0.717) is 0 Å². The summed E-state index contributed by atoms with van der Waals surface area (Å²) in [6.07, 6.45) is 2.73. The molecule has 0 amide bonds. The minimum atomic E-state index is 0.888. The second kappa shape index (κ2) is 1.96. The van der Waals surface area contributed by atoms with Gasteiger partial charge >= 0.3 is 0 Å². The molecular formula is C7H14N2. The summed E-state index contributed by atoms with van der Waals surface area (Å²) in [6.45, 7) is 6.24. The topological polar surface area (TPSA) is 6.48 Å². The van der Waals surface area contributed by atoms with Crippen LogP contribution in [0.4, 0.5) is 0 Å². The van der Waals surface area contributed by atoms with E-state index in [0.717, 1.165) is 6.04 Å². The predicted octanol–water partition coefficient (Wildman–Crippen LogP) is 0.701. The molecule has 0 aromatic rings. The highest BCUT2D eigenvalue weighted by atomic mass is 15.7. The van der Waals surface area contributed by atoms with Crippen molar-refractivity contribution in [3.63, 3.8) is 0 Å². The van der Waals surface area contributed by atoms with Gasteiger partial charge in [0.25, 0.3) is 0 Å². The molecule has 0 aromatic heterocycles. The second-order valence-corrected chi connectivity index (χ2v) is 2.97. The van der Waals surface area contributed by atoms with E-state index in [9.17, 15) is 0 Å². The average Bonchev–Trinajstić information content (AvgIpc) is 2.07. The van der Waals surface area contributed by atoms with Crippen LogP contribution in [0.2, 0.25) is 0 Å². The van der Waals surface area contributed by atoms with Gasteiger partial charge in [0.15, 0.2) is 0 Å². The van der Waals surface area contributed by atoms with Gasteiger partial charge < -0.3 is 0 Å². The van der Waals surface area contributed by atoms with Gasteiger partial charge in [-0.2, -0.15) is 0 Å². The zero-order valence-electron chi connectivity index (χ0n) is 6.01. The lowest BCUT2D eigenvalue weighted by atomic mass is 10.2. The van der Waals surface area contributed by atoms with Crippen LogP contribution in [-0.2, 0) is 0 Å². The Hall–Kier alpha value is -0.0800. The lowest BCUT2D eigenvalue weighted by Crippen LogP contribution is -2.54. The quantitative estimate of drug-likeness (QED) is 0.510. The molecule has 0 aliphatic carbocycles. The smallest absolute Gasteiger partial charge is 0.0278 e. The van der Waals surface area contributed by atoms with Crippen LogP contribution in [0, 0.1) is 0 Å². The molecule has 0 spiro atoms. The average molecular weight is 126 g/mol. The van der Waals surface area contributed by atoms with Gasteiger partial charge in [-0.15, -0.1) is 0 Å². The molecular weight excluding hydrogens is 112 g/mol. The van der Waals surface area contributed by atoms with E-state index < -0.39 is 0 Å². The molecule has 1 atom stereocenters. The molecule has 2 aliphatic heterocycles. The first-order valence-electron chi connectivity index (χ1n) is 3.93. The Morgan fingerprint density at radius 3 is 2.56 bits per heavy atom. The van der Waals surface area contributed by atoms with Crippen LogP contribution >= 0.6 is 0 Å². The van der Waals surface area contributed by atoms with Gasteiger partial charge in [-0.25, -0.2) is 10.0 Å². The van der Waals surface area contributed by atoms with Gasteiger partial charge in [0.1, 0.15) is 0 Å². The molecule has 9 heavy (non-hydrogen) atoms. The molecule has 0 N–H and O–H groups in total. The molecule has 2 heteroatoms. The Morgan fingerprint density at radius 1 is 1.33 bits per heavy atom. The minimum Gasteiger partial charge on any atom is -0.240 e. The Labute approximate surface area is 56.4 Å². The SMILES string of the molecule is CCC1CCN2CCN12. The highest BCUT2D eigenvalue weighted by molar-refractivity contribution is 4.84. The number of hydrazine groups is 1. The third-order valence-corrected chi connectivity index (χ3v) is 2.56. The molecule has 1 unspecified atom stereocenters. The number of hydrogen-bond acceptors (Lipinski definition) is 2. The fraction of sp³-hybridized carbons (Fsp3) is 1.00. The summed E-state index contributed by atoms with van der Waals surface area (Å²) < 4.78 is 0. The van der Waals surface area contributed by atoms with Gasteiger partial charge in [0, 0.05) is 25.7 Å². The van der Waals surface area contributed by atoms with Gasteiger partial charge in [-0.3, -0.25) is 0 Å². The highest BCUT2D eigenvalue weighted by Gasteiger charge is 2.36. The van der Waals surface area contributed by atoms with Crippen molar-refractivity contribution in [3.05, 3.63) is 0 Å². The van der Waals surface area contributed by atoms with Crippen molar-refractivity contribution in [1.29, 1.82) is 0 Å². The van der Waals surface area contributed by atoms with Crippen LogP contribution in [0.3, 0.4) is 0 Å². The third-order valence-electron chi connectivity index (χ3n) is 2.56. The zero-order chi connectivity index (χ0) is 6.27. The third kappa shape index (κ3) is 0.700. The summed E-state index contributed by atoms with van der Waals surface area (Å²) in [6, 6.07) is 0.888. The molecule has 2 fully saturated rings. The normalized spacial score (nSPS) is 36.3. The Kier molecular flexibility index (Phi) is 1.24. The lowest BCUT2D eigenvalue weighted by molar-refractivity contribution is -0.0909. The maximum absolute atomic E-state index is 2.51. The predicted molar refractivity (Wildman–Crippen MR) is 37.0 cm³/mol. The second-order valence-electron chi connectivity index (χ2n) is 2.97.